The van der Waals surface area contributed by atoms with Crippen LogP contribution in [-0.2, 0) is 11.2 Å². The fourth-order valence-corrected chi connectivity index (χ4v) is 3.20. The normalized spacial score (nSPS) is 22.9. The predicted octanol–water partition coefficient (Wildman–Crippen LogP) is 1.16. The molecule has 0 aromatic heterocycles. The average molecular weight is 310 g/mol. The zero-order valence-electron chi connectivity index (χ0n) is 12.3. The molecule has 5 heteroatoms. The average Bonchev–Trinajstić information content (AvgIpc) is 2.99. The molecule has 1 unspecified atom stereocenters. The van der Waals surface area contributed by atoms with Gasteiger partial charge < -0.3 is 10.2 Å². The van der Waals surface area contributed by atoms with Crippen molar-refractivity contribution in [1.82, 2.24) is 15.1 Å². The van der Waals surface area contributed by atoms with E-state index < -0.39 is 0 Å². The highest BCUT2D eigenvalue weighted by molar-refractivity contribution is 5.85. The van der Waals surface area contributed by atoms with Crippen molar-refractivity contribution in [2.45, 2.75) is 18.9 Å². The van der Waals surface area contributed by atoms with E-state index >= 15 is 0 Å². The molecule has 2 aliphatic heterocycles. The van der Waals surface area contributed by atoms with Crippen molar-refractivity contribution in [3.05, 3.63) is 35.9 Å². The summed E-state index contributed by atoms with van der Waals surface area (Å²) in [5, 5.41) is 3.38. The summed E-state index contributed by atoms with van der Waals surface area (Å²) in [5.74, 6) is 0.272. The lowest BCUT2D eigenvalue weighted by Gasteiger charge is -2.32. The van der Waals surface area contributed by atoms with E-state index in [0.717, 1.165) is 51.3 Å². The largest absolute Gasteiger partial charge is 0.341 e. The van der Waals surface area contributed by atoms with Gasteiger partial charge in [0.05, 0.1) is 6.42 Å². The van der Waals surface area contributed by atoms with Crippen molar-refractivity contribution in [3.63, 3.8) is 0 Å². The van der Waals surface area contributed by atoms with Gasteiger partial charge in [-0.25, -0.2) is 0 Å². The van der Waals surface area contributed by atoms with Crippen LogP contribution in [0.1, 0.15) is 12.0 Å². The molecule has 0 spiro atoms. The van der Waals surface area contributed by atoms with Gasteiger partial charge in [-0.3, -0.25) is 9.69 Å². The van der Waals surface area contributed by atoms with Crippen LogP contribution in [0.2, 0.25) is 0 Å². The number of halogens is 1. The van der Waals surface area contributed by atoms with Crippen LogP contribution in [0.15, 0.2) is 30.3 Å². The van der Waals surface area contributed by atoms with Crippen LogP contribution in [0, 0.1) is 0 Å². The Labute approximate surface area is 132 Å². The van der Waals surface area contributed by atoms with Gasteiger partial charge in [0, 0.05) is 45.3 Å². The molecule has 1 aromatic carbocycles. The standard InChI is InChI=1S/C16H23N3O.ClH/c20-16(12-14-4-2-1-3-5-14)19-9-6-15(13-19)18-10-7-17-8-11-18;/h1-5,15,17H,6-13H2;1H. The molecule has 0 saturated carbocycles. The Morgan fingerprint density at radius 2 is 1.86 bits per heavy atom. The fraction of sp³-hybridized carbons (Fsp3) is 0.562. The van der Waals surface area contributed by atoms with Crippen molar-refractivity contribution in [2.75, 3.05) is 39.3 Å². The molecule has 2 saturated heterocycles. The summed E-state index contributed by atoms with van der Waals surface area (Å²) in [4.78, 5) is 16.9. The second-order valence-corrected chi connectivity index (χ2v) is 5.73. The highest BCUT2D eigenvalue weighted by Gasteiger charge is 2.30. The first-order valence-corrected chi connectivity index (χ1v) is 7.59. The molecular weight excluding hydrogens is 286 g/mol. The van der Waals surface area contributed by atoms with Gasteiger partial charge >= 0.3 is 0 Å². The van der Waals surface area contributed by atoms with E-state index in [2.05, 4.69) is 10.2 Å². The minimum atomic E-state index is 0. The third-order valence-corrected chi connectivity index (χ3v) is 4.38. The lowest BCUT2D eigenvalue weighted by Crippen LogP contribution is -2.49. The van der Waals surface area contributed by atoms with E-state index in [1.54, 1.807) is 0 Å². The van der Waals surface area contributed by atoms with Gasteiger partial charge in [-0.05, 0) is 12.0 Å². The zero-order chi connectivity index (χ0) is 13.8. The summed E-state index contributed by atoms with van der Waals surface area (Å²) in [6.45, 7) is 6.21. The van der Waals surface area contributed by atoms with Gasteiger partial charge in [0.2, 0.25) is 5.91 Å². The summed E-state index contributed by atoms with van der Waals surface area (Å²) < 4.78 is 0. The van der Waals surface area contributed by atoms with E-state index in [4.69, 9.17) is 0 Å². The Morgan fingerprint density at radius 3 is 2.57 bits per heavy atom. The maximum absolute atomic E-state index is 12.3. The second kappa shape index (κ2) is 7.78. The number of carbonyl (C=O) groups is 1. The highest BCUT2D eigenvalue weighted by atomic mass is 35.5. The third-order valence-electron chi connectivity index (χ3n) is 4.38. The number of nitrogens with one attached hydrogen (secondary N) is 1. The molecule has 0 bridgehead atoms. The van der Waals surface area contributed by atoms with Gasteiger partial charge in [0.15, 0.2) is 0 Å². The van der Waals surface area contributed by atoms with Crippen LogP contribution >= 0.6 is 12.4 Å². The molecule has 1 atom stereocenters. The molecule has 0 aliphatic carbocycles. The Balaban J connectivity index is 0.00000161. The minimum absolute atomic E-state index is 0. The maximum atomic E-state index is 12.3. The predicted molar refractivity (Wildman–Crippen MR) is 86.8 cm³/mol. The molecule has 116 valence electrons. The number of likely N-dealkylation sites (tertiary alicyclic amines) is 1. The Kier molecular flexibility index (Phi) is 6.03. The van der Waals surface area contributed by atoms with E-state index in [0.29, 0.717) is 12.5 Å². The van der Waals surface area contributed by atoms with Gasteiger partial charge in [0.25, 0.3) is 0 Å². The first-order chi connectivity index (χ1) is 9.83. The van der Waals surface area contributed by atoms with Gasteiger partial charge in [0.1, 0.15) is 0 Å². The van der Waals surface area contributed by atoms with E-state index in [1.807, 2.05) is 35.2 Å². The molecule has 1 aromatic rings. The van der Waals surface area contributed by atoms with E-state index in [9.17, 15) is 4.79 Å². The molecule has 4 nitrogen and oxygen atoms in total. The van der Waals surface area contributed by atoms with Crippen LogP contribution in [0.5, 0.6) is 0 Å². The van der Waals surface area contributed by atoms with Crippen molar-refractivity contribution in [2.24, 2.45) is 0 Å². The van der Waals surface area contributed by atoms with Crippen molar-refractivity contribution < 1.29 is 4.79 Å². The Bertz CT molecular complexity index is 448. The molecule has 2 fully saturated rings. The number of hydrogen-bond donors (Lipinski definition) is 1. The van der Waals surface area contributed by atoms with Crippen LogP contribution in [0.4, 0.5) is 0 Å². The molecule has 2 aliphatic rings. The van der Waals surface area contributed by atoms with Gasteiger partial charge in [-0.15, -0.1) is 12.4 Å². The summed E-state index contributed by atoms with van der Waals surface area (Å²) in [6, 6.07) is 10.6. The SMILES string of the molecule is Cl.O=C(Cc1ccccc1)N1CCC(N2CCNCC2)C1. The summed E-state index contributed by atoms with van der Waals surface area (Å²) in [6.07, 6.45) is 1.66. The lowest BCUT2D eigenvalue weighted by molar-refractivity contribution is -0.129. The van der Waals surface area contributed by atoms with E-state index in [1.165, 1.54) is 0 Å². The number of rotatable bonds is 3. The van der Waals surface area contributed by atoms with Crippen molar-refractivity contribution in [1.29, 1.82) is 0 Å². The smallest absolute Gasteiger partial charge is 0.227 e. The maximum Gasteiger partial charge on any atom is 0.227 e. The molecule has 2 heterocycles. The fourth-order valence-electron chi connectivity index (χ4n) is 3.20. The van der Waals surface area contributed by atoms with Crippen LogP contribution in [-0.4, -0.2) is 61.0 Å². The van der Waals surface area contributed by atoms with Crippen LogP contribution in [0.25, 0.3) is 0 Å². The van der Waals surface area contributed by atoms with Crippen molar-refractivity contribution >= 4 is 18.3 Å². The quantitative estimate of drug-likeness (QED) is 0.910. The minimum Gasteiger partial charge on any atom is -0.341 e. The van der Waals surface area contributed by atoms with Gasteiger partial charge in [-0.2, -0.15) is 0 Å². The first kappa shape index (κ1) is 16.3. The summed E-state index contributed by atoms with van der Waals surface area (Å²) in [7, 11) is 0. The van der Waals surface area contributed by atoms with Gasteiger partial charge in [-0.1, -0.05) is 30.3 Å². The number of nitrogens with zero attached hydrogens (tertiary/aromatic N) is 2. The molecular formula is C16H24ClN3O. The van der Waals surface area contributed by atoms with Crippen molar-refractivity contribution in [3.8, 4) is 0 Å². The number of carbonyl (C=O) groups excluding carboxylic acids is 1. The summed E-state index contributed by atoms with van der Waals surface area (Å²) in [5.41, 5.74) is 1.11. The third kappa shape index (κ3) is 4.19. The molecule has 1 amide bonds. The lowest BCUT2D eigenvalue weighted by atomic mass is 10.1. The first-order valence-electron chi connectivity index (χ1n) is 7.59. The monoisotopic (exact) mass is 309 g/mol. The van der Waals surface area contributed by atoms with Crippen LogP contribution < -0.4 is 5.32 Å². The zero-order valence-corrected chi connectivity index (χ0v) is 13.1. The number of amides is 1. The number of hydrogen-bond acceptors (Lipinski definition) is 3. The summed E-state index contributed by atoms with van der Waals surface area (Å²) >= 11 is 0. The highest BCUT2D eigenvalue weighted by Crippen LogP contribution is 2.17. The topological polar surface area (TPSA) is 35.6 Å². The molecule has 21 heavy (non-hydrogen) atoms. The molecule has 0 radical (unpaired) electrons. The Morgan fingerprint density at radius 1 is 1.14 bits per heavy atom. The number of piperazine rings is 1. The van der Waals surface area contributed by atoms with Crippen LogP contribution in [0.3, 0.4) is 0 Å². The number of benzene rings is 1. The van der Waals surface area contributed by atoms with E-state index in [-0.39, 0.29) is 18.3 Å². The Hall–Kier alpha value is -1.10. The molecule has 1 N–H and O–H groups in total. The molecule has 3 rings (SSSR count). The second-order valence-electron chi connectivity index (χ2n) is 5.73.